The molecule has 1 N–H and O–H groups in total. The average molecular weight is 386 g/mol. The summed E-state index contributed by atoms with van der Waals surface area (Å²) in [5.74, 6) is -0.0574. The van der Waals surface area contributed by atoms with Gasteiger partial charge in [-0.1, -0.05) is 24.3 Å². The Kier molecular flexibility index (Phi) is 4.58. The third-order valence-corrected chi connectivity index (χ3v) is 6.17. The van der Waals surface area contributed by atoms with Crippen molar-refractivity contribution in [2.75, 3.05) is 5.32 Å². The molecular weight excluding hydrogens is 360 g/mol. The number of rotatable bonds is 5. The van der Waals surface area contributed by atoms with E-state index in [0.717, 1.165) is 41.3 Å². The van der Waals surface area contributed by atoms with Crippen LogP contribution in [0.4, 0.5) is 5.69 Å². The zero-order chi connectivity index (χ0) is 19.8. The molecular formula is C24H26N4O. The quantitative estimate of drug-likeness (QED) is 0.685. The number of carbonyl (C=O) groups is 1. The van der Waals surface area contributed by atoms with Gasteiger partial charge in [0.15, 0.2) is 0 Å². The molecule has 1 aliphatic carbocycles. The van der Waals surface area contributed by atoms with Gasteiger partial charge < -0.3 is 14.8 Å². The van der Waals surface area contributed by atoms with Crippen molar-refractivity contribution in [3.63, 3.8) is 0 Å². The Morgan fingerprint density at radius 1 is 1.14 bits per heavy atom. The van der Waals surface area contributed by atoms with Gasteiger partial charge in [-0.05, 0) is 67.3 Å². The van der Waals surface area contributed by atoms with E-state index in [2.05, 4.69) is 50.2 Å². The predicted molar refractivity (Wildman–Crippen MR) is 116 cm³/mol. The van der Waals surface area contributed by atoms with Gasteiger partial charge in [-0.25, -0.2) is 4.98 Å². The first-order valence-electron chi connectivity index (χ1n) is 10.4. The smallest absolute Gasteiger partial charge is 0.221 e. The van der Waals surface area contributed by atoms with E-state index in [9.17, 15) is 4.79 Å². The van der Waals surface area contributed by atoms with E-state index in [0.29, 0.717) is 6.04 Å². The van der Waals surface area contributed by atoms with E-state index in [1.807, 2.05) is 30.6 Å². The van der Waals surface area contributed by atoms with Gasteiger partial charge in [-0.15, -0.1) is 0 Å². The monoisotopic (exact) mass is 386 g/mol. The number of aromatic nitrogens is 2. The maximum Gasteiger partial charge on any atom is 0.221 e. The lowest BCUT2D eigenvalue weighted by Crippen LogP contribution is -2.42. The molecule has 1 saturated carbocycles. The fraction of sp³-hybridized carbons (Fsp3) is 0.333. The molecule has 2 heterocycles. The van der Waals surface area contributed by atoms with E-state index in [-0.39, 0.29) is 5.91 Å². The van der Waals surface area contributed by atoms with Crippen LogP contribution < -0.4 is 5.32 Å². The van der Waals surface area contributed by atoms with Crippen molar-refractivity contribution >= 4 is 22.6 Å². The lowest BCUT2D eigenvalue weighted by Gasteiger charge is -2.39. The van der Waals surface area contributed by atoms with Crippen molar-refractivity contribution in [1.82, 2.24) is 14.5 Å². The lowest BCUT2D eigenvalue weighted by molar-refractivity contribution is -0.114. The highest BCUT2D eigenvalue weighted by atomic mass is 16.1. The second-order valence-corrected chi connectivity index (χ2v) is 8.17. The second kappa shape index (κ2) is 7.39. The largest absolute Gasteiger partial charge is 0.370 e. The lowest BCUT2D eigenvalue weighted by atomic mass is 9.91. The molecule has 3 aromatic rings. The molecule has 29 heavy (non-hydrogen) atoms. The Morgan fingerprint density at radius 2 is 1.93 bits per heavy atom. The molecule has 5 rings (SSSR count). The number of carbonyl (C=O) groups excluding carboxylic acids is 1. The minimum absolute atomic E-state index is 0.0574. The third-order valence-electron chi connectivity index (χ3n) is 6.17. The minimum atomic E-state index is -0.0574. The van der Waals surface area contributed by atoms with Crippen LogP contribution in [-0.4, -0.2) is 32.4 Å². The second-order valence-electron chi connectivity index (χ2n) is 8.17. The summed E-state index contributed by atoms with van der Waals surface area (Å²) in [6.45, 7) is 2.50. The summed E-state index contributed by atoms with van der Waals surface area (Å²) in [6.07, 6.45) is 11.7. The normalized spacial score (nSPS) is 18.9. The summed E-state index contributed by atoms with van der Waals surface area (Å²) < 4.78 is 2.29. The third kappa shape index (κ3) is 3.53. The van der Waals surface area contributed by atoms with Crippen LogP contribution in [0.2, 0.25) is 0 Å². The van der Waals surface area contributed by atoms with Crippen LogP contribution >= 0.6 is 0 Å². The molecule has 5 heteroatoms. The van der Waals surface area contributed by atoms with Crippen molar-refractivity contribution in [3.05, 3.63) is 61.1 Å². The highest BCUT2D eigenvalue weighted by molar-refractivity contribution is 5.89. The minimum Gasteiger partial charge on any atom is -0.370 e. The van der Waals surface area contributed by atoms with Crippen LogP contribution in [0.25, 0.3) is 22.2 Å². The molecule has 0 radical (unpaired) electrons. The molecule has 0 bridgehead atoms. The number of amides is 1. The fourth-order valence-corrected chi connectivity index (χ4v) is 4.42. The molecule has 0 spiro atoms. The van der Waals surface area contributed by atoms with Crippen molar-refractivity contribution in [1.29, 1.82) is 0 Å². The Hall–Kier alpha value is -3.08. The number of imidazole rings is 1. The molecule has 2 aromatic carbocycles. The highest BCUT2D eigenvalue weighted by Gasteiger charge is 2.30. The van der Waals surface area contributed by atoms with Gasteiger partial charge in [-0.3, -0.25) is 4.79 Å². The van der Waals surface area contributed by atoms with Crippen molar-refractivity contribution in [2.45, 2.75) is 51.2 Å². The number of nitrogens with zero attached hydrogens (tertiary/aromatic N) is 3. The molecule has 1 atom stereocenters. The van der Waals surface area contributed by atoms with E-state index < -0.39 is 0 Å². The van der Waals surface area contributed by atoms with E-state index in [1.54, 1.807) is 0 Å². The summed E-state index contributed by atoms with van der Waals surface area (Å²) in [5, 5.41) is 2.81. The van der Waals surface area contributed by atoms with E-state index >= 15 is 0 Å². The van der Waals surface area contributed by atoms with Gasteiger partial charge in [0.2, 0.25) is 5.91 Å². The first-order chi connectivity index (χ1) is 14.2. The zero-order valence-corrected chi connectivity index (χ0v) is 16.7. The number of nitrogens with one attached hydrogen (secondary N) is 1. The Morgan fingerprint density at radius 3 is 2.66 bits per heavy atom. The van der Waals surface area contributed by atoms with Gasteiger partial charge in [0.05, 0.1) is 23.4 Å². The Labute approximate surface area is 171 Å². The number of hydrogen-bond donors (Lipinski definition) is 1. The van der Waals surface area contributed by atoms with Crippen LogP contribution in [0.15, 0.2) is 61.1 Å². The molecule has 0 saturated heterocycles. The van der Waals surface area contributed by atoms with Crippen LogP contribution in [0.1, 0.15) is 32.6 Å². The summed E-state index contributed by atoms with van der Waals surface area (Å²) in [6, 6.07) is 15.7. The first-order valence-corrected chi connectivity index (χ1v) is 10.4. The topological polar surface area (TPSA) is 50.2 Å². The zero-order valence-electron chi connectivity index (χ0n) is 16.7. The van der Waals surface area contributed by atoms with Crippen molar-refractivity contribution < 1.29 is 4.79 Å². The van der Waals surface area contributed by atoms with Crippen LogP contribution in [-0.2, 0) is 11.3 Å². The average Bonchev–Trinajstić information content (AvgIpc) is 3.28. The Bertz CT molecular complexity index is 1060. The highest BCUT2D eigenvalue weighted by Crippen LogP contribution is 2.32. The number of benzene rings is 2. The molecule has 1 fully saturated rings. The van der Waals surface area contributed by atoms with Crippen LogP contribution in [0, 0.1) is 0 Å². The number of hydrogen-bond acceptors (Lipinski definition) is 3. The van der Waals surface area contributed by atoms with Gasteiger partial charge in [0.25, 0.3) is 0 Å². The molecule has 1 aliphatic heterocycles. The molecule has 2 aliphatic rings. The van der Waals surface area contributed by atoms with Crippen LogP contribution in [0.3, 0.4) is 0 Å². The van der Waals surface area contributed by atoms with Gasteiger partial charge >= 0.3 is 0 Å². The molecule has 5 nitrogen and oxygen atoms in total. The molecule has 1 aromatic heterocycles. The molecule has 148 valence electrons. The fourth-order valence-electron chi connectivity index (χ4n) is 4.42. The van der Waals surface area contributed by atoms with E-state index in [1.165, 1.54) is 31.7 Å². The summed E-state index contributed by atoms with van der Waals surface area (Å²) in [7, 11) is 0. The number of anilines is 1. The SMILES string of the molecule is CC(=O)Nc1ccc(-c2ccc3c(c2)ncn3CC2CC=CN2C2CCC2)cc1. The first kappa shape index (κ1) is 18.0. The van der Waals surface area contributed by atoms with E-state index in [4.69, 9.17) is 0 Å². The maximum absolute atomic E-state index is 11.2. The van der Waals surface area contributed by atoms with Gasteiger partial charge in [-0.2, -0.15) is 0 Å². The summed E-state index contributed by atoms with van der Waals surface area (Å²) in [5.41, 5.74) is 5.27. The predicted octanol–water partition coefficient (Wildman–Crippen LogP) is 4.80. The number of fused-ring (bicyclic) bond motifs is 1. The standard InChI is InChI=1S/C24H26N4O/c1-17(29)26-20-10-7-18(8-11-20)19-9-12-24-23(14-19)25-16-27(24)15-22-6-3-13-28(22)21-4-2-5-21/h3,7-14,16,21-22H,2,4-6,15H2,1H3,(H,26,29). The van der Waals surface area contributed by atoms with Crippen molar-refractivity contribution in [3.8, 4) is 11.1 Å². The van der Waals surface area contributed by atoms with Gasteiger partial charge in [0.1, 0.15) is 0 Å². The molecule has 1 unspecified atom stereocenters. The van der Waals surface area contributed by atoms with Gasteiger partial charge in [0, 0.05) is 25.2 Å². The summed E-state index contributed by atoms with van der Waals surface area (Å²) >= 11 is 0. The van der Waals surface area contributed by atoms with Crippen LogP contribution in [0.5, 0.6) is 0 Å². The van der Waals surface area contributed by atoms with Crippen molar-refractivity contribution in [2.24, 2.45) is 0 Å². The summed E-state index contributed by atoms with van der Waals surface area (Å²) in [4.78, 5) is 18.4. The maximum atomic E-state index is 11.2. The Balaban J connectivity index is 1.35. The molecule has 1 amide bonds.